The van der Waals surface area contributed by atoms with Crippen molar-refractivity contribution in [1.29, 1.82) is 0 Å². The summed E-state index contributed by atoms with van der Waals surface area (Å²) in [7, 11) is 0. The van der Waals surface area contributed by atoms with Crippen molar-refractivity contribution in [3.05, 3.63) is 34.2 Å². The first-order valence-corrected chi connectivity index (χ1v) is 5.67. The number of hydrogen-bond acceptors (Lipinski definition) is 3. The summed E-state index contributed by atoms with van der Waals surface area (Å²) in [6.07, 6.45) is -4.45. The number of halogens is 4. The standard InChI is InChI=1S/C10H6ClF3N2S/c11-6-3-1-5(2-4-6)7-8(10(12,13)14)17-9(15)16-7/h1-4H,(H2,15,16). The molecule has 2 aromatic rings. The van der Waals surface area contributed by atoms with E-state index in [1.165, 1.54) is 24.3 Å². The lowest BCUT2D eigenvalue weighted by molar-refractivity contribution is -0.134. The molecule has 17 heavy (non-hydrogen) atoms. The van der Waals surface area contributed by atoms with E-state index in [0.29, 0.717) is 21.9 Å². The van der Waals surface area contributed by atoms with Crippen LogP contribution in [-0.4, -0.2) is 4.98 Å². The van der Waals surface area contributed by atoms with Gasteiger partial charge in [0.05, 0.1) is 5.69 Å². The third kappa shape index (κ3) is 2.53. The highest BCUT2D eigenvalue weighted by Gasteiger charge is 2.37. The minimum atomic E-state index is -4.45. The first kappa shape index (κ1) is 12.2. The van der Waals surface area contributed by atoms with Gasteiger partial charge in [0.2, 0.25) is 0 Å². The smallest absolute Gasteiger partial charge is 0.375 e. The van der Waals surface area contributed by atoms with E-state index in [1.54, 1.807) is 0 Å². The highest BCUT2D eigenvalue weighted by molar-refractivity contribution is 7.15. The van der Waals surface area contributed by atoms with Gasteiger partial charge in [-0.15, -0.1) is 0 Å². The Morgan fingerprint density at radius 2 is 1.76 bits per heavy atom. The van der Waals surface area contributed by atoms with Gasteiger partial charge in [0.25, 0.3) is 0 Å². The van der Waals surface area contributed by atoms with Crippen molar-refractivity contribution in [3.63, 3.8) is 0 Å². The molecule has 1 aromatic heterocycles. The summed E-state index contributed by atoms with van der Waals surface area (Å²) in [5.74, 6) is 0. The Kier molecular flexibility index (Phi) is 3.01. The fraction of sp³-hybridized carbons (Fsp3) is 0.100. The van der Waals surface area contributed by atoms with Gasteiger partial charge in [0.1, 0.15) is 4.88 Å². The van der Waals surface area contributed by atoms with Crippen molar-refractivity contribution in [2.45, 2.75) is 6.18 Å². The molecule has 0 bridgehead atoms. The fourth-order valence-corrected chi connectivity index (χ4v) is 2.18. The Bertz CT molecular complexity index is 533. The van der Waals surface area contributed by atoms with Crippen molar-refractivity contribution in [1.82, 2.24) is 4.98 Å². The van der Waals surface area contributed by atoms with Crippen LogP contribution in [0.4, 0.5) is 18.3 Å². The summed E-state index contributed by atoms with van der Waals surface area (Å²) in [4.78, 5) is 2.92. The number of hydrogen-bond donors (Lipinski definition) is 1. The third-order valence-electron chi connectivity index (χ3n) is 2.02. The zero-order chi connectivity index (χ0) is 12.6. The largest absolute Gasteiger partial charge is 0.427 e. The Hall–Kier alpha value is -1.27. The van der Waals surface area contributed by atoms with E-state index in [0.717, 1.165) is 0 Å². The molecular weight excluding hydrogens is 273 g/mol. The quantitative estimate of drug-likeness (QED) is 0.854. The monoisotopic (exact) mass is 278 g/mol. The topological polar surface area (TPSA) is 38.9 Å². The van der Waals surface area contributed by atoms with Crippen LogP contribution in [0.3, 0.4) is 0 Å². The molecule has 2 N–H and O–H groups in total. The summed E-state index contributed by atoms with van der Waals surface area (Å²) < 4.78 is 38.1. The molecule has 0 spiro atoms. The van der Waals surface area contributed by atoms with Gasteiger partial charge in [-0.25, -0.2) is 4.98 Å². The van der Waals surface area contributed by atoms with E-state index in [4.69, 9.17) is 17.3 Å². The summed E-state index contributed by atoms with van der Waals surface area (Å²) in [5, 5.41) is 0.341. The summed E-state index contributed by atoms with van der Waals surface area (Å²) in [6.45, 7) is 0. The van der Waals surface area contributed by atoms with E-state index in [2.05, 4.69) is 4.98 Å². The van der Waals surface area contributed by atoms with Crippen LogP contribution >= 0.6 is 22.9 Å². The van der Waals surface area contributed by atoms with Crippen LogP contribution in [0.2, 0.25) is 5.02 Å². The van der Waals surface area contributed by atoms with E-state index >= 15 is 0 Å². The van der Waals surface area contributed by atoms with Crippen molar-refractivity contribution < 1.29 is 13.2 Å². The van der Waals surface area contributed by atoms with E-state index in [1.807, 2.05) is 0 Å². The lowest BCUT2D eigenvalue weighted by atomic mass is 10.1. The van der Waals surface area contributed by atoms with Crippen LogP contribution in [0.15, 0.2) is 24.3 Å². The second kappa shape index (κ2) is 4.19. The highest BCUT2D eigenvalue weighted by Crippen LogP contribution is 2.41. The van der Waals surface area contributed by atoms with Gasteiger partial charge in [-0.2, -0.15) is 13.2 Å². The van der Waals surface area contributed by atoms with E-state index in [9.17, 15) is 13.2 Å². The van der Waals surface area contributed by atoms with E-state index in [-0.39, 0.29) is 10.8 Å². The number of thiazole rings is 1. The van der Waals surface area contributed by atoms with Crippen molar-refractivity contribution in [2.75, 3.05) is 5.73 Å². The van der Waals surface area contributed by atoms with Crippen LogP contribution in [0.1, 0.15) is 4.88 Å². The van der Waals surface area contributed by atoms with Gasteiger partial charge in [0.15, 0.2) is 5.13 Å². The first-order valence-electron chi connectivity index (χ1n) is 4.47. The maximum Gasteiger partial charge on any atom is 0.427 e. The predicted octanol–water partition coefficient (Wildman–Crippen LogP) is 4.06. The van der Waals surface area contributed by atoms with Gasteiger partial charge in [-0.3, -0.25) is 0 Å². The fourth-order valence-electron chi connectivity index (χ4n) is 1.33. The average molecular weight is 279 g/mol. The SMILES string of the molecule is Nc1nc(-c2ccc(Cl)cc2)c(C(F)(F)F)s1. The lowest BCUT2D eigenvalue weighted by Gasteiger charge is -2.05. The maximum absolute atomic E-state index is 12.7. The van der Waals surface area contributed by atoms with Crippen molar-refractivity contribution in [2.24, 2.45) is 0 Å². The van der Waals surface area contributed by atoms with Crippen LogP contribution in [0, 0.1) is 0 Å². The summed E-state index contributed by atoms with van der Waals surface area (Å²) in [5.41, 5.74) is 5.51. The molecule has 0 aliphatic rings. The molecule has 0 saturated heterocycles. The number of aromatic nitrogens is 1. The molecule has 0 unspecified atom stereocenters. The molecule has 0 aliphatic carbocycles. The second-order valence-corrected chi connectivity index (χ2v) is 4.70. The molecule has 0 aliphatic heterocycles. The number of nitrogens with zero attached hydrogens (tertiary/aromatic N) is 1. The van der Waals surface area contributed by atoms with Gasteiger partial charge < -0.3 is 5.73 Å². The number of benzene rings is 1. The number of nitrogens with two attached hydrogens (primary N) is 1. The summed E-state index contributed by atoms with van der Waals surface area (Å²) in [6, 6.07) is 5.97. The molecule has 2 rings (SSSR count). The van der Waals surface area contributed by atoms with Crippen molar-refractivity contribution in [3.8, 4) is 11.3 Å². The molecule has 2 nitrogen and oxygen atoms in total. The minimum Gasteiger partial charge on any atom is -0.375 e. The van der Waals surface area contributed by atoms with Crippen LogP contribution in [0.5, 0.6) is 0 Å². The van der Waals surface area contributed by atoms with Crippen LogP contribution < -0.4 is 5.73 Å². The van der Waals surface area contributed by atoms with Gasteiger partial charge in [0, 0.05) is 10.6 Å². The molecule has 0 amide bonds. The molecule has 90 valence electrons. The molecule has 0 saturated carbocycles. The van der Waals surface area contributed by atoms with Crippen LogP contribution in [-0.2, 0) is 6.18 Å². The van der Waals surface area contributed by atoms with Gasteiger partial charge in [-0.1, -0.05) is 35.1 Å². The molecule has 1 aromatic carbocycles. The molecule has 0 radical (unpaired) electrons. The summed E-state index contributed by atoms with van der Waals surface area (Å²) >= 11 is 6.10. The second-order valence-electron chi connectivity index (χ2n) is 3.23. The Labute approximate surface area is 104 Å². The first-order chi connectivity index (χ1) is 7.88. The number of anilines is 1. The average Bonchev–Trinajstić information content (AvgIpc) is 2.61. The van der Waals surface area contributed by atoms with Crippen molar-refractivity contribution >= 4 is 28.1 Å². The Balaban J connectivity index is 2.55. The predicted molar refractivity (Wildman–Crippen MR) is 62.0 cm³/mol. The highest BCUT2D eigenvalue weighted by atomic mass is 35.5. The normalized spacial score (nSPS) is 11.8. The zero-order valence-electron chi connectivity index (χ0n) is 8.25. The number of nitrogen functional groups attached to an aromatic ring is 1. The number of alkyl halides is 3. The maximum atomic E-state index is 12.7. The van der Waals surface area contributed by atoms with Crippen LogP contribution in [0.25, 0.3) is 11.3 Å². The molecular formula is C10H6ClF3N2S. The van der Waals surface area contributed by atoms with E-state index < -0.39 is 11.1 Å². The molecule has 1 heterocycles. The minimum absolute atomic E-state index is 0.109. The third-order valence-corrected chi connectivity index (χ3v) is 3.20. The zero-order valence-corrected chi connectivity index (χ0v) is 9.83. The number of rotatable bonds is 1. The van der Waals surface area contributed by atoms with Gasteiger partial charge >= 0.3 is 6.18 Å². The molecule has 7 heteroatoms. The molecule has 0 atom stereocenters. The Morgan fingerprint density at radius 3 is 2.29 bits per heavy atom. The molecule has 0 fully saturated rings. The lowest BCUT2D eigenvalue weighted by Crippen LogP contribution is -2.03. The Morgan fingerprint density at radius 1 is 1.18 bits per heavy atom. The van der Waals surface area contributed by atoms with Gasteiger partial charge in [-0.05, 0) is 12.1 Å².